The summed E-state index contributed by atoms with van der Waals surface area (Å²) < 4.78 is 16.6. The second-order valence-corrected chi connectivity index (χ2v) is 8.06. The molecule has 178 valence electrons. The molecule has 0 saturated carbocycles. The molecule has 0 aliphatic carbocycles. The second kappa shape index (κ2) is 12.5. The first-order chi connectivity index (χ1) is 15.6. The Labute approximate surface area is 191 Å². The van der Waals surface area contributed by atoms with Gasteiger partial charge < -0.3 is 29.3 Å². The lowest BCUT2D eigenvalue weighted by atomic mass is 10.3. The van der Waals surface area contributed by atoms with Crippen LogP contribution >= 0.6 is 0 Å². The number of guanidine groups is 1. The Morgan fingerprint density at radius 2 is 1.84 bits per heavy atom. The number of hydrogen-bond acceptors (Lipinski definition) is 6. The van der Waals surface area contributed by atoms with E-state index in [0.29, 0.717) is 39.4 Å². The lowest BCUT2D eigenvalue weighted by Gasteiger charge is -2.37. The molecule has 9 nitrogen and oxygen atoms in total. The zero-order valence-corrected chi connectivity index (χ0v) is 19.6. The third kappa shape index (κ3) is 7.27. The van der Waals surface area contributed by atoms with E-state index in [1.807, 2.05) is 36.1 Å². The summed E-state index contributed by atoms with van der Waals surface area (Å²) in [5, 5.41) is 3.39. The highest BCUT2D eigenvalue weighted by atomic mass is 16.5. The van der Waals surface area contributed by atoms with Crippen molar-refractivity contribution in [3.05, 3.63) is 24.3 Å². The molecule has 9 heteroatoms. The van der Waals surface area contributed by atoms with Gasteiger partial charge in [0.1, 0.15) is 17.6 Å². The lowest BCUT2D eigenvalue weighted by Crippen LogP contribution is -2.55. The molecule has 1 atom stereocenters. The summed E-state index contributed by atoms with van der Waals surface area (Å²) in [5.41, 5.74) is 0. The molecule has 1 amide bonds. The van der Waals surface area contributed by atoms with Gasteiger partial charge in [-0.15, -0.1) is 0 Å². The number of rotatable bonds is 8. The number of methoxy groups -OCH3 is 1. The zero-order chi connectivity index (χ0) is 22.8. The molecule has 1 aromatic rings. The minimum atomic E-state index is -0.0665. The van der Waals surface area contributed by atoms with Gasteiger partial charge in [0.05, 0.1) is 33.4 Å². The molecule has 0 spiro atoms. The van der Waals surface area contributed by atoms with E-state index in [1.54, 1.807) is 7.11 Å². The lowest BCUT2D eigenvalue weighted by molar-refractivity contribution is -0.136. The topological polar surface area (TPSA) is 78.9 Å². The molecule has 0 bridgehead atoms. The van der Waals surface area contributed by atoms with Crippen LogP contribution in [-0.4, -0.2) is 112 Å². The first kappa shape index (κ1) is 24.1. The van der Waals surface area contributed by atoms with Crippen molar-refractivity contribution in [1.82, 2.24) is 20.0 Å². The van der Waals surface area contributed by atoms with Crippen LogP contribution in [0.15, 0.2) is 29.3 Å². The van der Waals surface area contributed by atoms with Crippen molar-refractivity contribution >= 4 is 11.9 Å². The number of carbonyl (C=O) groups is 1. The van der Waals surface area contributed by atoms with Crippen LogP contribution in [0.1, 0.15) is 13.8 Å². The molecule has 1 unspecified atom stereocenters. The monoisotopic (exact) mass is 447 g/mol. The number of amides is 1. The van der Waals surface area contributed by atoms with Gasteiger partial charge in [-0.05, 0) is 26.0 Å². The van der Waals surface area contributed by atoms with E-state index in [1.165, 1.54) is 0 Å². The zero-order valence-electron chi connectivity index (χ0n) is 19.6. The van der Waals surface area contributed by atoms with E-state index in [0.717, 1.165) is 50.2 Å². The summed E-state index contributed by atoms with van der Waals surface area (Å²) in [6.07, 6.45) is -0.0665. The molecule has 0 radical (unpaired) electrons. The van der Waals surface area contributed by atoms with E-state index in [-0.39, 0.29) is 12.0 Å². The molecular weight excluding hydrogens is 410 g/mol. The average Bonchev–Trinajstić information content (AvgIpc) is 2.83. The van der Waals surface area contributed by atoms with Crippen LogP contribution < -0.4 is 14.8 Å². The fraction of sp³-hybridized carbons (Fsp3) is 0.652. The SMILES string of the molecule is CCNC(=NCC(C)Oc1cccc(OC)c1)N1CCN(CC(=O)N2CCOCC2)CC1. The summed E-state index contributed by atoms with van der Waals surface area (Å²) in [7, 11) is 1.65. The molecule has 1 N–H and O–H groups in total. The van der Waals surface area contributed by atoms with Crippen molar-refractivity contribution < 1.29 is 19.0 Å². The number of ether oxygens (including phenoxy) is 3. The van der Waals surface area contributed by atoms with E-state index in [2.05, 4.69) is 22.0 Å². The molecule has 2 heterocycles. The van der Waals surface area contributed by atoms with Crippen LogP contribution in [0.2, 0.25) is 0 Å². The second-order valence-electron chi connectivity index (χ2n) is 8.06. The maximum absolute atomic E-state index is 12.5. The quantitative estimate of drug-likeness (QED) is 0.469. The molecule has 2 aliphatic rings. The highest BCUT2D eigenvalue weighted by Crippen LogP contribution is 2.20. The van der Waals surface area contributed by atoms with Crippen molar-refractivity contribution in [3.8, 4) is 11.5 Å². The van der Waals surface area contributed by atoms with Crippen LogP contribution in [0.25, 0.3) is 0 Å². The predicted molar refractivity (Wildman–Crippen MR) is 124 cm³/mol. The number of aliphatic imine (C=N–C) groups is 1. The Morgan fingerprint density at radius 3 is 2.53 bits per heavy atom. The summed E-state index contributed by atoms with van der Waals surface area (Å²) in [4.78, 5) is 23.7. The van der Waals surface area contributed by atoms with Gasteiger partial charge in [0.15, 0.2) is 5.96 Å². The van der Waals surface area contributed by atoms with Gasteiger partial charge in [-0.2, -0.15) is 0 Å². The Bertz CT molecular complexity index is 746. The average molecular weight is 448 g/mol. The van der Waals surface area contributed by atoms with Gasteiger partial charge >= 0.3 is 0 Å². The third-order valence-corrected chi connectivity index (χ3v) is 5.61. The van der Waals surface area contributed by atoms with Gasteiger partial charge in [0.25, 0.3) is 0 Å². The number of morpholine rings is 1. The third-order valence-electron chi connectivity index (χ3n) is 5.61. The molecule has 2 fully saturated rings. The summed E-state index contributed by atoms with van der Waals surface area (Å²) >= 11 is 0. The summed E-state index contributed by atoms with van der Waals surface area (Å²) in [5.74, 6) is 2.64. The highest BCUT2D eigenvalue weighted by molar-refractivity contribution is 5.80. The normalized spacial score (nSPS) is 18.9. The molecule has 2 aliphatic heterocycles. The Kier molecular flexibility index (Phi) is 9.43. The maximum Gasteiger partial charge on any atom is 0.236 e. The van der Waals surface area contributed by atoms with Gasteiger partial charge in [-0.1, -0.05) is 6.07 Å². The highest BCUT2D eigenvalue weighted by Gasteiger charge is 2.24. The summed E-state index contributed by atoms with van der Waals surface area (Å²) in [6.45, 7) is 12.0. The van der Waals surface area contributed by atoms with Crippen LogP contribution in [0.3, 0.4) is 0 Å². The standard InChI is InChI=1S/C23H37N5O4/c1-4-24-23(25-17-19(2)32-21-7-5-6-20(16-21)30-3)28-10-8-26(9-11-28)18-22(29)27-12-14-31-15-13-27/h5-7,16,19H,4,8-15,17-18H2,1-3H3,(H,24,25). The fourth-order valence-corrected chi connectivity index (χ4v) is 3.81. The number of piperazine rings is 1. The van der Waals surface area contributed by atoms with Gasteiger partial charge in [-0.25, -0.2) is 4.99 Å². The Morgan fingerprint density at radius 1 is 1.12 bits per heavy atom. The van der Waals surface area contributed by atoms with Gasteiger partial charge in [-0.3, -0.25) is 9.69 Å². The van der Waals surface area contributed by atoms with Crippen LogP contribution in [-0.2, 0) is 9.53 Å². The van der Waals surface area contributed by atoms with Crippen molar-refractivity contribution in [2.45, 2.75) is 20.0 Å². The number of benzene rings is 1. The van der Waals surface area contributed by atoms with Crippen LogP contribution in [0.5, 0.6) is 11.5 Å². The first-order valence-corrected chi connectivity index (χ1v) is 11.5. The van der Waals surface area contributed by atoms with E-state index >= 15 is 0 Å². The predicted octanol–water partition coefficient (Wildman–Crippen LogP) is 0.904. The molecule has 3 rings (SSSR count). The Hall–Kier alpha value is -2.52. The first-order valence-electron chi connectivity index (χ1n) is 11.5. The fourth-order valence-electron chi connectivity index (χ4n) is 3.81. The molecular formula is C23H37N5O4. The van der Waals surface area contributed by atoms with Crippen LogP contribution in [0, 0.1) is 0 Å². The van der Waals surface area contributed by atoms with Crippen LogP contribution in [0.4, 0.5) is 0 Å². The smallest absolute Gasteiger partial charge is 0.236 e. The maximum atomic E-state index is 12.5. The van der Waals surface area contributed by atoms with Gasteiger partial charge in [0, 0.05) is 51.9 Å². The van der Waals surface area contributed by atoms with Crippen molar-refractivity contribution in [3.63, 3.8) is 0 Å². The minimum Gasteiger partial charge on any atom is -0.497 e. The number of hydrogen-bond donors (Lipinski definition) is 1. The number of nitrogens with one attached hydrogen (secondary N) is 1. The van der Waals surface area contributed by atoms with Gasteiger partial charge in [0.2, 0.25) is 5.91 Å². The molecule has 2 saturated heterocycles. The minimum absolute atomic E-state index is 0.0665. The largest absolute Gasteiger partial charge is 0.497 e. The van der Waals surface area contributed by atoms with Crippen molar-refractivity contribution in [1.29, 1.82) is 0 Å². The number of nitrogens with zero attached hydrogens (tertiary/aromatic N) is 4. The molecule has 1 aromatic carbocycles. The molecule has 32 heavy (non-hydrogen) atoms. The van der Waals surface area contributed by atoms with Crippen molar-refractivity contribution in [2.24, 2.45) is 4.99 Å². The van der Waals surface area contributed by atoms with E-state index in [9.17, 15) is 4.79 Å². The summed E-state index contributed by atoms with van der Waals surface area (Å²) in [6, 6.07) is 7.61. The van der Waals surface area contributed by atoms with E-state index < -0.39 is 0 Å². The Balaban J connectivity index is 1.47. The number of carbonyl (C=O) groups excluding carboxylic acids is 1. The molecule has 0 aromatic heterocycles. The van der Waals surface area contributed by atoms with Crippen molar-refractivity contribution in [2.75, 3.05) is 79.2 Å². The van der Waals surface area contributed by atoms with E-state index in [4.69, 9.17) is 19.2 Å².